The van der Waals surface area contributed by atoms with Gasteiger partial charge in [0.1, 0.15) is 0 Å². The minimum atomic E-state index is 0.700. The van der Waals surface area contributed by atoms with Crippen LogP contribution in [0.1, 0.15) is 45.0 Å². The summed E-state index contributed by atoms with van der Waals surface area (Å²) in [6.45, 7) is 13.3. The third-order valence-electron chi connectivity index (χ3n) is 4.25. The molecule has 0 spiro atoms. The van der Waals surface area contributed by atoms with Crippen LogP contribution in [0.3, 0.4) is 0 Å². The first kappa shape index (κ1) is 17.0. The van der Waals surface area contributed by atoms with E-state index in [2.05, 4.69) is 56.7 Å². The Kier molecular flexibility index (Phi) is 6.71. The van der Waals surface area contributed by atoms with Crippen LogP contribution in [0.25, 0.3) is 0 Å². The van der Waals surface area contributed by atoms with Gasteiger partial charge in [0, 0.05) is 19.6 Å². The SMILES string of the molecule is CCc1nn(CC)c(CNCC(C)CN2CCCC2)c1Br. The molecular formula is C16H29BrN4. The normalized spacial score (nSPS) is 17.5. The van der Waals surface area contributed by atoms with Gasteiger partial charge >= 0.3 is 0 Å². The molecule has 1 aromatic heterocycles. The quantitative estimate of drug-likeness (QED) is 0.776. The second kappa shape index (κ2) is 8.30. The maximum absolute atomic E-state index is 4.65. The largest absolute Gasteiger partial charge is 0.311 e. The molecule has 2 heterocycles. The standard InChI is InChI=1S/C16H29BrN4/c1-4-14-16(17)15(21(5-2)19-14)11-18-10-13(3)12-20-8-6-7-9-20/h13,18H,4-12H2,1-3H3. The molecule has 2 rings (SSSR count). The lowest BCUT2D eigenvalue weighted by Gasteiger charge is -2.20. The van der Waals surface area contributed by atoms with E-state index in [-0.39, 0.29) is 0 Å². The first-order valence-electron chi connectivity index (χ1n) is 8.32. The summed E-state index contributed by atoms with van der Waals surface area (Å²) < 4.78 is 3.30. The van der Waals surface area contributed by atoms with Crippen molar-refractivity contribution in [2.24, 2.45) is 5.92 Å². The van der Waals surface area contributed by atoms with Gasteiger partial charge in [-0.3, -0.25) is 4.68 Å². The van der Waals surface area contributed by atoms with Gasteiger partial charge in [-0.2, -0.15) is 5.10 Å². The van der Waals surface area contributed by atoms with Gasteiger partial charge in [-0.25, -0.2) is 0 Å². The summed E-state index contributed by atoms with van der Waals surface area (Å²) in [5.41, 5.74) is 2.45. The van der Waals surface area contributed by atoms with Crippen LogP contribution in [-0.4, -0.2) is 40.9 Å². The molecule has 1 saturated heterocycles. The minimum Gasteiger partial charge on any atom is -0.311 e. The summed E-state index contributed by atoms with van der Waals surface area (Å²) in [4.78, 5) is 2.59. The van der Waals surface area contributed by atoms with Crippen LogP contribution in [0.5, 0.6) is 0 Å². The van der Waals surface area contributed by atoms with E-state index in [1.165, 1.54) is 48.3 Å². The highest BCUT2D eigenvalue weighted by Gasteiger charge is 2.16. The number of likely N-dealkylation sites (tertiary alicyclic amines) is 1. The molecule has 120 valence electrons. The Bertz CT molecular complexity index is 438. The molecule has 1 aliphatic heterocycles. The van der Waals surface area contributed by atoms with Crippen LogP contribution in [0.15, 0.2) is 4.47 Å². The summed E-state index contributed by atoms with van der Waals surface area (Å²) in [6, 6.07) is 0. The molecular weight excluding hydrogens is 328 g/mol. The molecule has 1 atom stereocenters. The highest BCUT2D eigenvalue weighted by Crippen LogP contribution is 2.22. The minimum absolute atomic E-state index is 0.700. The monoisotopic (exact) mass is 356 g/mol. The first-order chi connectivity index (χ1) is 10.2. The second-order valence-corrected chi connectivity index (χ2v) is 6.91. The van der Waals surface area contributed by atoms with Crippen molar-refractivity contribution in [1.29, 1.82) is 0 Å². The first-order valence-corrected chi connectivity index (χ1v) is 9.12. The van der Waals surface area contributed by atoms with Crippen molar-refractivity contribution < 1.29 is 0 Å². The zero-order valence-electron chi connectivity index (χ0n) is 13.7. The van der Waals surface area contributed by atoms with E-state index < -0.39 is 0 Å². The van der Waals surface area contributed by atoms with Crippen LogP contribution in [0, 0.1) is 5.92 Å². The zero-order chi connectivity index (χ0) is 15.2. The van der Waals surface area contributed by atoms with Crippen molar-refractivity contribution in [3.05, 3.63) is 15.9 Å². The average Bonchev–Trinajstić information content (AvgIpc) is 3.08. The summed E-state index contributed by atoms with van der Waals surface area (Å²) in [5.74, 6) is 0.700. The van der Waals surface area contributed by atoms with Crippen LogP contribution >= 0.6 is 15.9 Å². The van der Waals surface area contributed by atoms with E-state index in [9.17, 15) is 0 Å². The van der Waals surface area contributed by atoms with E-state index in [0.717, 1.165) is 26.1 Å². The molecule has 0 saturated carbocycles. The van der Waals surface area contributed by atoms with Crippen molar-refractivity contribution >= 4 is 15.9 Å². The third kappa shape index (κ3) is 4.54. The Balaban J connectivity index is 1.81. The maximum Gasteiger partial charge on any atom is 0.0767 e. The lowest BCUT2D eigenvalue weighted by molar-refractivity contribution is 0.282. The third-order valence-corrected chi connectivity index (χ3v) is 5.16. The smallest absolute Gasteiger partial charge is 0.0767 e. The molecule has 1 fully saturated rings. The van der Waals surface area contributed by atoms with E-state index in [1.54, 1.807) is 0 Å². The van der Waals surface area contributed by atoms with E-state index in [4.69, 9.17) is 0 Å². The van der Waals surface area contributed by atoms with Gasteiger partial charge < -0.3 is 10.2 Å². The van der Waals surface area contributed by atoms with E-state index >= 15 is 0 Å². The second-order valence-electron chi connectivity index (χ2n) is 6.12. The van der Waals surface area contributed by atoms with Gasteiger partial charge in [0.05, 0.1) is 15.9 Å². The van der Waals surface area contributed by atoms with Gasteiger partial charge in [0.15, 0.2) is 0 Å². The van der Waals surface area contributed by atoms with Gasteiger partial charge in [-0.05, 0) is 67.7 Å². The molecule has 0 aliphatic carbocycles. The maximum atomic E-state index is 4.65. The van der Waals surface area contributed by atoms with Crippen molar-refractivity contribution in [2.45, 2.75) is 53.1 Å². The number of rotatable bonds is 8. The topological polar surface area (TPSA) is 33.1 Å². The van der Waals surface area contributed by atoms with Crippen molar-refractivity contribution in [3.8, 4) is 0 Å². The number of aromatic nitrogens is 2. The molecule has 1 aromatic rings. The molecule has 4 nitrogen and oxygen atoms in total. The average molecular weight is 357 g/mol. The van der Waals surface area contributed by atoms with Crippen molar-refractivity contribution in [2.75, 3.05) is 26.2 Å². The van der Waals surface area contributed by atoms with Gasteiger partial charge in [-0.15, -0.1) is 0 Å². The Morgan fingerprint density at radius 3 is 2.62 bits per heavy atom. The fourth-order valence-electron chi connectivity index (χ4n) is 3.09. The number of halogens is 1. The number of hydrogen-bond acceptors (Lipinski definition) is 3. The molecule has 1 aliphatic rings. The molecule has 0 aromatic carbocycles. The van der Waals surface area contributed by atoms with Gasteiger partial charge in [-0.1, -0.05) is 13.8 Å². The van der Waals surface area contributed by atoms with Gasteiger partial charge in [0.2, 0.25) is 0 Å². The number of nitrogens with zero attached hydrogens (tertiary/aromatic N) is 3. The fourth-order valence-corrected chi connectivity index (χ4v) is 3.80. The molecule has 1 unspecified atom stereocenters. The predicted octanol–water partition coefficient (Wildman–Crippen LogP) is 3.05. The van der Waals surface area contributed by atoms with Crippen molar-refractivity contribution in [1.82, 2.24) is 20.0 Å². The summed E-state index contributed by atoms with van der Waals surface area (Å²) >= 11 is 3.71. The lowest BCUT2D eigenvalue weighted by Crippen LogP contribution is -2.31. The lowest BCUT2D eigenvalue weighted by atomic mass is 10.1. The zero-order valence-corrected chi connectivity index (χ0v) is 15.2. The van der Waals surface area contributed by atoms with Gasteiger partial charge in [0.25, 0.3) is 0 Å². The van der Waals surface area contributed by atoms with E-state index in [1.807, 2.05) is 0 Å². The highest BCUT2D eigenvalue weighted by molar-refractivity contribution is 9.10. The Morgan fingerprint density at radius 1 is 1.29 bits per heavy atom. The number of aryl methyl sites for hydroxylation is 2. The summed E-state index contributed by atoms with van der Waals surface area (Å²) in [7, 11) is 0. The number of nitrogens with one attached hydrogen (secondary N) is 1. The Morgan fingerprint density at radius 2 is 2.00 bits per heavy atom. The van der Waals surface area contributed by atoms with Crippen LogP contribution in [0.2, 0.25) is 0 Å². The molecule has 21 heavy (non-hydrogen) atoms. The van der Waals surface area contributed by atoms with Crippen LogP contribution in [0.4, 0.5) is 0 Å². The van der Waals surface area contributed by atoms with E-state index in [0.29, 0.717) is 5.92 Å². The molecule has 0 radical (unpaired) electrons. The van der Waals surface area contributed by atoms with Crippen LogP contribution < -0.4 is 5.32 Å². The Hall–Kier alpha value is -0.390. The van der Waals surface area contributed by atoms with Crippen LogP contribution in [-0.2, 0) is 19.5 Å². The Labute approximate surface area is 137 Å². The summed E-state index contributed by atoms with van der Waals surface area (Å²) in [6.07, 6.45) is 3.73. The fraction of sp³-hybridized carbons (Fsp3) is 0.812. The molecule has 0 bridgehead atoms. The predicted molar refractivity (Wildman–Crippen MR) is 91.5 cm³/mol. The highest BCUT2D eigenvalue weighted by atomic mass is 79.9. The number of hydrogen-bond donors (Lipinski definition) is 1. The molecule has 5 heteroatoms. The van der Waals surface area contributed by atoms with Crippen molar-refractivity contribution in [3.63, 3.8) is 0 Å². The molecule has 1 N–H and O–H groups in total. The molecule has 0 amide bonds. The summed E-state index contributed by atoms with van der Waals surface area (Å²) in [5, 5.41) is 8.26.